The maximum absolute atomic E-state index is 5.61. The minimum absolute atomic E-state index is 0.775. The SMILES string of the molecule is C=C(N)C1=C(C)CCCC1.CCCCN(CC)CCNc1ccc(C)cc1. The molecule has 0 aromatic heterocycles. The first kappa shape index (κ1) is 23.3. The molecule has 0 radical (unpaired) electrons. The van der Waals surface area contributed by atoms with Crippen molar-refractivity contribution in [2.75, 3.05) is 31.5 Å². The normalized spacial score (nSPS) is 14.0. The summed E-state index contributed by atoms with van der Waals surface area (Å²) in [5.41, 5.74) is 11.7. The number of nitrogens with two attached hydrogens (primary N) is 1. The van der Waals surface area contributed by atoms with Gasteiger partial charge in [0.1, 0.15) is 0 Å². The predicted molar refractivity (Wildman–Crippen MR) is 121 cm³/mol. The van der Waals surface area contributed by atoms with Gasteiger partial charge in [0.15, 0.2) is 0 Å². The molecular formula is C24H41N3. The van der Waals surface area contributed by atoms with Crippen molar-refractivity contribution in [2.45, 2.75) is 66.2 Å². The third-order valence-electron chi connectivity index (χ3n) is 5.22. The van der Waals surface area contributed by atoms with Crippen LogP contribution in [0.3, 0.4) is 0 Å². The standard InChI is InChI=1S/C15H26N2.C9H15N/c1-4-6-12-17(5-2)13-11-16-15-9-7-14(3)8-10-15;1-7-5-3-4-6-9(7)8(2)10/h7-10,16H,4-6,11-13H2,1-3H3;2-6,10H2,1H3. The minimum atomic E-state index is 0.775. The van der Waals surface area contributed by atoms with E-state index in [1.54, 1.807) is 0 Å². The van der Waals surface area contributed by atoms with Gasteiger partial charge in [-0.1, -0.05) is 50.1 Å². The average molecular weight is 372 g/mol. The molecule has 0 atom stereocenters. The zero-order valence-corrected chi connectivity index (χ0v) is 18.1. The van der Waals surface area contributed by atoms with Crippen LogP contribution in [-0.4, -0.2) is 31.1 Å². The number of anilines is 1. The highest BCUT2D eigenvalue weighted by molar-refractivity contribution is 5.44. The van der Waals surface area contributed by atoms with E-state index in [-0.39, 0.29) is 0 Å². The van der Waals surface area contributed by atoms with Crippen LogP contribution in [0.5, 0.6) is 0 Å². The van der Waals surface area contributed by atoms with Crippen molar-refractivity contribution in [1.82, 2.24) is 4.90 Å². The van der Waals surface area contributed by atoms with Crippen LogP contribution in [-0.2, 0) is 0 Å². The van der Waals surface area contributed by atoms with Crippen molar-refractivity contribution in [3.8, 4) is 0 Å². The number of unbranched alkanes of at least 4 members (excludes halogenated alkanes) is 1. The van der Waals surface area contributed by atoms with Crippen molar-refractivity contribution >= 4 is 5.69 Å². The van der Waals surface area contributed by atoms with E-state index in [4.69, 9.17) is 5.73 Å². The second kappa shape index (κ2) is 13.4. The van der Waals surface area contributed by atoms with Gasteiger partial charge in [-0.2, -0.15) is 0 Å². The lowest BCUT2D eigenvalue weighted by atomic mass is 9.91. The van der Waals surface area contributed by atoms with E-state index in [2.05, 4.69) is 68.8 Å². The third kappa shape index (κ3) is 9.67. The van der Waals surface area contributed by atoms with Gasteiger partial charge in [-0.15, -0.1) is 0 Å². The molecule has 0 spiro atoms. The summed E-state index contributed by atoms with van der Waals surface area (Å²) >= 11 is 0. The second-order valence-corrected chi connectivity index (χ2v) is 7.57. The van der Waals surface area contributed by atoms with Gasteiger partial charge in [0.25, 0.3) is 0 Å². The number of hydrogen-bond acceptors (Lipinski definition) is 3. The molecule has 1 aliphatic carbocycles. The average Bonchev–Trinajstić information content (AvgIpc) is 2.66. The van der Waals surface area contributed by atoms with Crippen LogP contribution in [0, 0.1) is 6.92 Å². The van der Waals surface area contributed by atoms with Gasteiger partial charge >= 0.3 is 0 Å². The Morgan fingerprint density at radius 3 is 2.26 bits per heavy atom. The van der Waals surface area contributed by atoms with E-state index < -0.39 is 0 Å². The molecular weight excluding hydrogens is 330 g/mol. The van der Waals surface area contributed by atoms with Gasteiger partial charge in [-0.05, 0) is 76.7 Å². The van der Waals surface area contributed by atoms with Crippen LogP contribution in [0.15, 0.2) is 47.7 Å². The summed E-state index contributed by atoms with van der Waals surface area (Å²) in [5, 5.41) is 3.47. The molecule has 0 aliphatic heterocycles. The summed E-state index contributed by atoms with van der Waals surface area (Å²) in [5.74, 6) is 0. The highest BCUT2D eigenvalue weighted by atomic mass is 15.1. The molecule has 2 rings (SSSR count). The smallest absolute Gasteiger partial charge is 0.0340 e. The van der Waals surface area contributed by atoms with Crippen LogP contribution < -0.4 is 11.1 Å². The first-order valence-corrected chi connectivity index (χ1v) is 10.6. The van der Waals surface area contributed by atoms with E-state index in [1.807, 2.05) is 0 Å². The van der Waals surface area contributed by atoms with Crippen LogP contribution >= 0.6 is 0 Å². The van der Waals surface area contributed by atoms with Gasteiger partial charge in [-0.3, -0.25) is 0 Å². The number of nitrogens with zero attached hydrogens (tertiary/aromatic N) is 1. The molecule has 3 N–H and O–H groups in total. The fourth-order valence-electron chi connectivity index (χ4n) is 3.33. The monoisotopic (exact) mass is 371 g/mol. The Balaban J connectivity index is 0.000000309. The maximum Gasteiger partial charge on any atom is 0.0340 e. The topological polar surface area (TPSA) is 41.3 Å². The molecule has 0 heterocycles. The molecule has 1 aromatic rings. The summed E-state index contributed by atoms with van der Waals surface area (Å²) in [6.07, 6.45) is 7.54. The van der Waals surface area contributed by atoms with Crippen molar-refractivity contribution in [3.05, 3.63) is 53.3 Å². The van der Waals surface area contributed by atoms with E-state index in [0.29, 0.717) is 0 Å². The van der Waals surface area contributed by atoms with E-state index >= 15 is 0 Å². The molecule has 0 bridgehead atoms. The Bertz CT molecular complexity index is 572. The number of hydrogen-bond donors (Lipinski definition) is 2. The number of rotatable bonds is 9. The molecule has 1 aromatic carbocycles. The second-order valence-electron chi connectivity index (χ2n) is 7.57. The predicted octanol–water partition coefficient (Wildman–Crippen LogP) is 5.88. The fourth-order valence-corrected chi connectivity index (χ4v) is 3.33. The van der Waals surface area contributed by atoms with Gasteiger partial charge in [0, 0.05) is 24.5 Å². The molecule has 0 saturated heterocycles. The molecule has 0 fully saturated rings. The maximum atomic E-state index is 5.61. The minimum Gasteiger partial charge on any atom is -0.399 e. The highest BCUT2D eigenvalue weighted by Crippen LogP contribution is 2.26. The van der Waals surface area contributed by atoms with Crippen LogP contribution in [0.1, 0.15) is 64.9 Å². The molecule has 0 saturated carbocycles. The van der Waals surface area contributed by atoms with E-state index in [9.17, 15) is 0 Å². The number of aryl methyl sites for hydroxylation is 1. The van der Waals surface area contributed by atoms with Crippen molar-refractivity contribution < 1.29 is 0 Å². The molecule has 3 heteroatoms. The Hall–Kier alpha value is -1.74. The summed E-state index contributed by atoms with van der Waals surface area (Å²) in [4.78, 5) is 2.50. The quantitative estimate of drug-likeness (QED) is 0.569. The summed E-state index contributed by atoms with van der Waals surface area (Å²) in [7, 11) is 0. The van der Waals surface area contributed by atoms with Crippen LogP contribution in [0.2, 0.25) is 0 Å². The van der Waals surface area contributed by atoms with Crippen molar-refractivity contribution in [2.24, 2.45) is 5.73 Å². The van der Waals surface area contributed by atoms with Crippen molar-refractivity contribution in [1.29, 1.82) is 0 Å². The highest BCUT2D eigenvalue weighted by Gasteiger charge is 2.09. The number of likely N-dealkylation sites (N-methyl/N-ethyl adjacent to an activating group) is 1. The Morgan fingerprint density at radius 2 is 1.74 bits per heavy atom. The summed E-state index contributed by atoms with van der Waals surface area (Å²) < 4.78 is 0. The fraction of sp³-hybridized carbons (Fsp3) is 0.583. The zero-order chi connectivity index (χ0) is 20.1. The molecule has 152 valence electrons. The number of allylic oxidation sites excluding steroid dienone is 2. The summed E-state index contributed by atoms with van der Waals surface area (Å²) in [6, 6.07) is 8.60. The molecule has 27 heavy (non-hydrogen) atoms. The molecule has 1 aliphatic rings. The molecule has 0 unspecified atom stereocenters. The zero-order valence-electron chi connectivity index (χ0n) is 18.1. The Morgan fingerprint density at radius 1 is 1.07 bits per heavy atom. The Labute approximate surface area is 167 Å². The van der Waals surface area contributed by atoms with Gasteiger partial charge < -0.3 is 16.0 Å². The first-order valence-electron chi connectivity index (χ1n) is 10.6. The molecule has 0 amide bonds. The largest absolute Gasteiger partial charge is 0.399 e. The lowest BCUT2D eigenvalue weighted by Gasteiger charge is -2.20. The third-order valence-corrected chi connectivity index (χ3v) is 5.22. The van der Waals surface area contributed by atoms with Gasteiger partial charge in [0.05, 0.1) is 0 Å². The van der Waals surface area contributed by atoms with E-state index in [0.717, 1.165) is 31.8 Å². The van der Waals surface area contributed by atoms with Crippen LogP contribution in [0.25, 0.3) is 0 Å². The lowest BCUT2D eigenvalue weighted by Crippen LogP contribution is -2.29. The number of benzene rings is 1. The van der Waals surface area contributed by atoms with Crippen molar-refractivity contribution in [3.63, 3.8) is 0 Å². The molecule has 3 nitrogen and oxygen atoms in total. The van der Waals surface area contributed by atoms with Gasteiger partial charge in [0.2, 0.25) is 0 Å². The summed E-state index contributed by atoms with van der Waals surface area (Å²) in [6.45, 7) is 17.0. The van der Waals surface area contributed by atoms with Crippen LogP contribution in [0.4, 0.5) is 5.69 Å². The lowest BCUT2D eigenvalue weighted by molar-refractivity contribution is 0.294. The van der Waals surface area contributed by atoms with E-state index in [1.165, 1.54) is 61.0 Å². The Kier molecular flexibility index (Phi) is 11.6. The van der Waals surface area contributed by atoms with Gasteiger partial charge in [-0.25, -0.2) is 0 Å². The first-order chi connectivity index (χ1) is 13.0. The number of nitrogens with one attached hydrogen (secondary N) is 1.